The third-order valence-electron chi connectivity index (χ3n) is 1.88. The number of halogens is 3. The Labute approximate surface area is 126 Å². The number of sulfonamides is 1. The van der Waals surface area contributed by atoms with Gasteiger partial charge in [0.2, 0.25) is 0 Å². The second kappa shape index (κ2) is 5.34. The zero-order valence-electron chi connectivity index (χ0n) is 8.52. The van der Waals surface area contributed by atoms with Crippen LogP contribution in [0, 0.1) is 0 Å². The lowest BCUT2D eigenvalue weighted by Crippen LogP contribution is -2.13. The van der Waals surface area contributed by atoms with Gasteiger partial charge < -0.3 is 0 Å². The molecule has 2 heterocycles. The Kier molecular flexibility index (Phi) is 4.18. The van der Waals surface area contributed by atoms with Gasteiger partial charge in [0.15, 0.2) is 0 Å². The van der Waals surface area contributed by atoms with Gasteiger partial charge in [-0.05, 0) is 18.2 Å². The van der Waals surface area contributed by atoms with Crippen molar-refractivity contribution in [3.63, 3.8) is 0 Å². The number of thiophene rings is 1. The average molecular weight is 388 g/mol. The second-order valence-corrected chi connectivity index (χ2v) is 8.01. The molecule has 0 amide bonds. The van der Waals surface area contributed by atoms with Gasteiger partial charge in [0.1, 0.15) is 15.0 Å². The van der Waals surface area contributed by atoms with Crippen LogP contribution in [0.1, 0.15) is 0 Å². The zero-order valence-corrected chi connectivity index (χ0v) is 13.3. The third kappa shape index (κ3) is 3.16. The maximum atomic E-state index is 12.0. The zero-order chi connectivity index (χ0) is 13.3. The van der Waals surface area contributed by atoms with Gasteiger partial charge in [0.25, 0.3) is 10.0 Å². The summed E-state index contributed by atoms with van der Waals surface area (Å²) in [6.07, 6.45) is 1.48. The quantitative estimate of drug-likeness (QED) is 0.865. The molecule has 0 aliphatic heterocycles. The van der Waals surface area contributed by atoms with E-state index in [4.69, 9.17) is 23.2 Å². The van der Waals surface area contributed by atoms with Gasteiger partial charge in [-0.25, -0.2) is 13.4 Å². The highest BCUT2D eigenvalue weighted by Gasteiger charge is 2.21. The summed E-state index contributed by atoms with van der Waals surface area (Å²) in [5.41, 5.74) is 0. The Morgan fingerprint density at radius 3 is 2.61 bits per heavy atom. The van der Waals surface area contributed by atoms with Crippen LogP contribution in [-0.2, 0) is 10.0 Å². The summed E-state index contributed by atoms with van der Waals surface area (Å²) < 4.78 is 27.5. The van der Waals surface area contributed by atoms with Gasteiger partial charge in [-0.2, -0.15) is 0 Å². The predicted octanol–water partition coefficient (Wildman–Crippen LogP) is 4.01. The van der Waals surface area contributed by atoms with E-state index in [0.29, 0.717) is 8.81 Å². The highest BCUT2D eigenvalue weighted by Crippen LogP contribution is 2.34. The maximum Gasteiger partial charge on any atom is 0.265 e. The van der Waals surface area contributed by atoms with Crippen LogP contribution in [-0.4, -0.2) is 13.4 Å². The summed E-state index contributed by atoms with van der Waals surface area (Å²) in [5.74, 6) is 0.197. The van der Waals surface area contributed by atoms with Crippen molar-refractivity contribution in [3.8, 4) is 0 Å². The first kappa shape index (κ1) is 14.1. The first-order valence-corrected chi connectivity index (χ1v) is 8.32. The Bertz CT molecular complexity index is 688. The van der Waals surface area contributed by atoms with Crippen molar-refractivity contribution in [2.45, 2.75) is 4.90 Å². The molecule has 9 heteroatoms. The molecule has 1 N–H and O–H groups in total. The number of hydrogen-bond acceptors (Lipinski definition) is 4. The molecule has 4 nitrogen and oxygen atoms in total. The summed E-state index contributed by atoms with van der Waals surface area (Å²) in [6, 6.07) is 4.53. The molecule has 0 radical (unpaired) electrons. The summed E-state index contributed by atoms with van der Waals surface area (Å²) in [4.78, 5) is 3.84. The first-order valence-electron chi connectivity index (χ1n) is 4.48. The SMILES string of the molecule is O=S(=O)(Nc1cc(Br)ccn1)c1cc(Cl)sc1Cl. The molecule has 0 unspecified atom stereocenters. The maximum absolute atomic E-state index is 12.0. The number of pyridine rings is 1. The molecule has 0 saturated carbocycles. The number of aromatic nitrogens is 1. The third-order valence-corrected chi connectivity index (χ3v) is 5.48. The van der Waals surface area contributed by atoms with Gasteiger partial charge >= 0.3 is 0 Å². The van der Waals surface area contributed by atoms with Crippen LogP contribution in [0.15, 0.2) is 33.8 Å². The molecule has 0 aromatic carbocycles. The van der Waals surface area contributed by atoms with Gasteiger partial charge in [-0.1, -0.05) is 39.1 Å². The van der Waals surface area contributed by atoms with E-state index in [1.165, 1.54) is 12.3 Å². The first-order chi connectivity index (χ1) is 8.38. The smallest absolute Gasteiger partial charge is 0.263 e. The number of rotatable bonds is 3. The second-order valence-electron chi connectivity index (χ2n) is 3.15. The van der Waals surface area contributed by atoms with Crippen LogP contribution in [0.4, 0.5) is 5.82 Å². The van der Waals surface area contributed by atoms with E-state index in [1.54, 1.807) is 12.1 Å². The lowest BCUT2D eigenvalue weighted by atomic mass is 10.5. The Morgan fingerprint density at radius 1 is 1.33 bits per heavy atom. The van der Waals surface area contributed by atoms with Crippen LogP contribution in [0.3, 0.4) is 0 Å². The molecule has 0 aliphatic carbocycles. The van der Waals surface area contributed by atoms with Crippen LogP contribution >= 0.6 is 50.5 Å². The van der Waals surface area contributed by atoms with Crippen LogP contribution in [0.5, 0.6) is 0 Å². The van der Waals surface area contributed by atoms with Gasteiger partial charge in [-0.15, -0.1) is 11.3 Å². The molecule has 0 saturated heterocycles. The van der Waals surface area contributed by atoms with Crippen molar-refractivity contribution in [2.24, 2.45) is 0 Å². The molecular weight excluding hydrogens is 383 g/mol. The standard InChI is InChI=1S/C9H5BrCl2N2O2S2/c10-5-1-2-13-8(3-5)14-18(15,16)6-4-7(11)17-9(6)12/h1-4H,(H,13,14). The summed E-state index contributed by atoms with van der Waals surface area (Å²) in [6.45, 7) is 0. The minimum atomic E-state index is -3.78. The van der Waals surface area contributed by atoms with Crippen molar-refractivity contribution in [3.05, 3.63) is 37.5 Å². The normalized spacial score (nSPS) is 11.5. The van der Waals surface area contributed by atoms with Crippen molar-refractivity contribution in [2.75, 3.05) is 4.72 Å². The average Bonchev–Trinajstić information content (AvgIpc) is 2.58. The minimum absolute atomic E-state index is 0.0547. The summed E-state index contributed by atoms with van der Waals surface area (Å²) >= 11 is 15.7. The molecule has 0 atom stereocenters. The number of hydrogen-bond donors (Lipinski definition) is 1. The molecule has 2 aromatic heterocycles. The number of nitrogens with one attached hydrogen (secondary N) is 1. The van der Waals surface area contributed by atoms with Gasteiger partial charge in [0.05, 0.1) is 4.34 Å². The molecule has 2 rings (SSSR count). The fourth-order valence-corrected chi connectivity index (χ4v) is 4.65. The molecule has 2 aromatic rings. The molecule has 0 bridgehead atoms. The predicted molar refractivity (Wildman–Crippen MR) is 77.1 cm³/mol. The van der Waals surface area contributed by atoms with Crippen molar-refractivity contribution >= 4 is 66.3 Å². The topological polar surface area (TPSA) is 59.1 Å². The number of anilines is 1. The molecule has 96 valence electrons. The van der Waals surface area contributed by atoms with E-state index in [0.717, 1.165) is 11.3 Å². The van der Waals surface area contributed by atoms with Gasteiger partial charge in [0, 0.05) is 10.7 Å². The van der Waals surface area contributed by atoms with Crippen LogP contribution in [0.2, 0.25) is 8.67 Å². The number of nitrogens with zero attached hydrogens (tertiary/aromatic N) is 1. The molecule has 0 aliphatic rings. The molecule has 0 fully saturated rings. The van der Waals surface area contributed by atoms with E-state index >= 15 is 0 Å². The van der Waals surface area contributed by atoms with Crippen molar-refractivity contribution in [1.29, 1.82) is 0 Å². The van der Waals surface area contributed by atoms with E-state index in [-0.39, 0.29) is 15.0 Å². The Balaban J connectivity index is 2.36. The lowest BCUT2D eigenvalue weighted by molar-refractivity contribution is 0.601. The van der Waals surface area contributed by atoms with E-state index < -0.39 is 10.0 Å². The van der Waals surface area contributed by atoms with E-state index in [9.17, 15) is 8.42 Å². The fraction of sp³-hybridized carbons (Fsp3) is 0. The largest absolute Gasteiger partial charge is 0.265 e. The van der Waals surface area contributed by atoms with E-state index in [1.807, 2.05) is 0 Å². The Hall–Kier alpha value is -0.340. The van der Waals surface area contributed by atoms with E-state index in [2.05, 4.69) is 25.6 Å². The van der Waals surface area contributed by atoms with Gasteiger partial charge in [-0.3, -0.25) is 4.72 Å². The van der Waals surface area contributed by atoms with Crippen LogP contribution < -0.4 is 4.72 Å². The highest BCUT2D eigenvalue weighted by molar-refractivity contribution is 9.10. The molecular formula is C9H5BrCl2N2O2S2. The minimum Gasteiger partial charge on any atom is -0.263 e. The molecule has 0 spiro atoms. The monoisotopic (exact) mass is 386 g/mol. The fourth-order valence-electron chi connectivity index (χ4n) is 1.16. The summed E-state index contributed by atoms with van der Waals surface area (Å²) in [5, 5.41) is 0. The molecule has 18 heavy (non-hydrogen) atoms. The lowest BCUT2D eigenvalue weighted by Gasteiger charge is -2.06. The van der Waals surface area contributed by atoms with Crippen molar-refractivity contribution in [1.82, 2.24) is 4.98 Å². The summed E-state index contributed by atoms with van der Waals surface area (Å²) in [7, 11) is -3.78. The van der Waals surface area contributed by atoms with Crippen LogP contribution in [0.25, 0.3) is 0 Å². The van der Waals surface area contributed by atoms with Crippen molar-refractivity contribution < 1.29 is 8.42 Å². The Morgan fingerprint density at radius 2 is 2.06 bits per heavy atom. The highest BCUT2D eigenvalue weighted by atomic mass is 79.9.